The fourth-order valence-electron chi connectivity index (χ4n) is 3.54. The van der Waals surface area contributed by atoms with Gasteiger partial charge in [0.2, 0.25) is 0 Å². The van der Waals surface area contributed by atoms with E-state index in [0.717, 1.165) is 70.3 Å². The van der Waals surface area contributed by atoms with Gasteiger partial charge in [-0.3, -0.25) is 4.79 Å². The fourth-order valence-corrected chi connectivity index (χ4v) is 3.54. The van der Waals surface area contributed by atoms with Gasteiger partial charge in [0, 0.05) is 31.7 Å². The first kappa shape index (κ1) is 15.5. The van der Waals surface area contributed by atoms with Crippen molar-refractivity contribution in [2.24, 2.45) is 5.92 Å². The number of carbonyl (C=O) groups is 1. The Morgan fingerprint density at radius 1 is 1.14 bits per heavy atom. The van der Waals surface area contributed by atoms with Crippen molar-refractivity contribution >= 4 is 5.91 Å². The molecule has 0 bridgehead atoms. The second-order valence-electron chi connectivity index (χ2n) is 6.64. The lowest BCUT2D eigenvalue weighted by atomic mass is 9.91. The van der Waals surface area contributed by atoms with Crippen LogP contribution in [0.5, 0.6) is 0 Å². The van der Waals surface area contributed by atoms with Crippen molar-refractivity contribution in [3.8, 4) is 0 Å². The predicted molar refractivity (Wildman–Crippen MR) is 86.0 cm³/mol. The number of benzene rings is 1. The third-order valence-electron chi connectivity index (χ3n) is 5.00. The molecule has 2 fully saturated rings. The van der Waals surface area contributed by atoms with Crippen LogP contribution in [0.3, 0.4) is 0 Å². The van der Waals surface area contributed by atoms with Gasteiger partial charge >= 0.3 is 0 Å². The number of hydroxylamine groups is 2. The first-order valence-corrected chi connectivity index (χ1v) is 8.54. The second kappa shape index (κ2) is 7.25. The molecule has 1 N–H and O–H groups in total. The zero-order valence-electron chi connectivity index (χ0n) is 13.2. The van der Waals surface area contributed by atoms with E-state index < -0.39 is 0 Å². The van der Waals surface area contributed by atoms with Crippen LogP contribution in [-0.2, 0) is 6.42 Å². The number of carbonyl (C=O) groups excluding carboxylic acids is 1. The molecule has 2 saturated heterocycles. The van der Waals surface area contributed by atoms with Crippen LogP contribution in [0.1, 0.15) is 48.0 Å². The van der Waals surface area contributed by atoms with Gasteiger partial charge in [-0.25, -0.2) is 0 Å². The van der Waals surface area contributed by atoms with E-state index in [4.69, 9.17) is 0 Å². The summed E-state index contributed by atoms with van der Waals surface area (Å²) in [6.45, 7) is 3.39. The first-order valence-electron chi connectivity index (χ1n) is 8.54. The molecule has 1 amide bonds. The number of hydrogen-bond donors (Lipinski definition) is 1. The van der Waals surface area contributed by atoms with E-state index in [-0.39, 0.29) is 5.91 Å². The van der Waals surface area contributed by atoms with Gasteiger partial charge in [-0.15, -0.1) is 0 Å². The molecule has 1 aromatic carbocycles. The molecule has 0 radical (unpaired) electrons. The highest BCUT2D eigenvalue weighted by Gasteiger charge is 2.20. The van der Waals surface area contributed by atoms with Crippen molar-refractivity contribution in [3.63, 3.8) is 0 Å². The summed E-state index contributed by atoms with van der Waals surface area (Å²) in [5.41, 5.74) is 2.10. The number of aryl methyl sites for hydroxylation is 1. The van der Waals surface area contributed by atoms with Gasteiger partial charge in [0.25, 0.3) is 5.91 Å². The van der Waals surface area contributed by atoms with E-state index in [2.05, 4.69) is 12.1 Å². The van der Waals surface area contributed by atoms with Crippen molar-refractivity contribution in [1.82, 2.24) is 9.96 Å². The summed E-state index contributed by atoms with van der Waals surface area (Å²) in [4.78, 5) is 14.4. The zero-order valence-corrected chi connectivity index (χ0v) is 13.2. The molecular weight excluding hydrogens is 276 g/mol. The third kappa shape index (κ3) is 3.87. The molecule has 2 heterocycles. The maximum Gasteiger partial charge on any atom is 0.253 e. The molecular formula is C18H26N2O2. The normalized spacial score (nSPS) is 20.5. The van der Waals surface area contributed by atoms with Crippen LogP contribution in [-0.4, -0.2) is 47.3 Å². The van der Waals surface area contributed by atoms with Gasteiger partial charge in [-0.2, -0.15) is 5.06 Å². The second-order valence-corrected chi connectivity index (χ2v) is 6.64. The number of rotatable bonds is 4. The number of amides is 1. The lowest BCUT2D eigenvalue weighted by molar-refractivity contribution is -0.112. The fraction of sp³-hybridized carbons (Fsp3) is 0.611. The van der Waals surface area contributed by atoms with Gasteiger partial charge in [-0.05, 0) is 62.1 Å². The summed E-state index contributed by atoms with van der Waals surface area (Å²) in [5, 5.41) is 10.8. The summed E-state index contributed by atoms with van der Waals surface area (Å²) >= 11 is 0. The Bertz CT molecular complexity index is 504. The van der Waals surface area contributed by atoms with Gasteiger partial charge in [-0.1, -0.05) is 12.1 Å². The zero-order chi connectivity index (χ0) is 15.4. The highest BCUT2D eigenvalue weighted by Crippen LogP contribution is 2.22. The lowest BCUT2D eigenvalue weighted by Gasteiger charge is -2.27. The number of hydrogen-bond acceptors (Lipinski definition) is 3. The van der Waals surface area contributed by atoms with Crippen molar-refractivity contribution in [2.75, 3.05) is 26.2 Å². The van der Waals surface area contributed by atoms with Gasteiger partial charge in [0.1, 0.15) is 0 Å². The van der Waals surface area contributed by atoms with Crippen LogP contribution in [0.2, 0.25) is 0 Å². The Morgan fingerprint density at radius 3 is 2.59 bits per heavy atom. The molecule has 0 aliphatic carbocycles. The molecule has 4 nitrogen and oxygen atoms in total. The topological polar surface area (TPSA) is 43.8 Å². The van der Waals surface area contributed by atoms with E-state index in [9.17, 15) is 10.0 Å². The summed E-state index contributed by atoms with van der Waals surface area (Å²) < 4.78 is 0. The Morgan fingerprint density at radius 2 is 1.86 bits per heavy atom. The molecule has 2 aliphatic rings. The Balaban J connectivity index is 1.55. The predicted octanol–water partition coefficient (Wildman–Crippen LogP) is 2.96. The summed E-state index contributed by atoms with van der Waals surface area (Å²) in [5.74, 6) is 0.884. The molecule has 4 heteroatoms. The minimum Gasteiger partial charge on any atom is -0.339 e. The summed E-state index contributed by atoms with van der Waals surface area (Å²) in [6.07, 6.45) is 6.59. The quantitative estimate of drug-likeness (QED) is 0.930. The van der Waals surface area contributed by atoms with E-state index in [1.54, 1.807) is 0 Å². The maximum atomic E-state index is 12.4. The molecule has 0 unspecified atom stereocenters. The highest BCUT2D eigenvalue weighted by molar-refractivity contribution is 5.94. The van der Waals surface area contributed by atoms with Gasteiger partial charge in [0.15, 0.2) is 0 Å². The van der Waals surface area contributed by atoms with E-state index in [1.165, 1.54) is 10.6 Å². The highest BCUT2D eigenvalue weighted by atomic mass is 16.5. The molecule has 0 atom stereocenters. The molecule has 3 rings (SSSR count). The molecule has 1 aromatic rings. The minimum atomic E-state index is 0.188. The van der Waals surface area contributed by atoms with Crippen LogP contribution < -0.4 is 0 Å². The van der Waals surface area contributed by atoms with Crippen LogP contribution in [0, 0.1) is 5.92 Å². The minimum absolute atomic E-state index is 0.188. The monoisotopic (exact) mass is 302 g/mol. The van der Waals surface area contributed by atoms with Crippen LogP contribution in [0.4, 0.5) is 0 Å². The smallest absolute Gasteiger partial charge is 0.253 e. The number of piperidine rings is 1. The third-order valence-corrected chi connectivity index (χ3v) is 5.00. The van der Waals surface area contributed by atoms with Crippen LogP contribution in [0.25, 0.3) is 0 Å². The number of likely N-dealkylation sites (tertiary alicyclic amines) is 1. The van der Waals surface area contributed by atoms with Crippen LogP contribution in [0.15, 0.2) is 24.3 Å². The molecule has 0 saturated carbocycles. The van der Waals surface area contributed by atoms with E-state index in [1.807, 2.05) is 17.0 Å². The van der Waals surface area contributed by atoms with Crippen molar-refractivity contribution in [2.45, 2.75) is 38.5 Å². The van der Waals surface area contributed by atoms with Crippen LogP contribution >= 0.6 is 0 Å². The Kier molecular flexibility index (Phi) is 5.11. The van der Waals surface area contributed by atoms with Crippen molar-refractivity contribution in [3.05, 3.63) is 35.4 Å². The molecule has 2 aliphatic heterocycles. The van der Waals surface area contributed by atoms with Crippen molar-refractivity contribution in [1.29, 1.82) is 0 Å². The van der Waals surface area contributed by atoms with Gasteiger partial charge < -0.3 is 10.1 Å². The van der Waals surface area contributed by atoms with E-state index in [0.29, 0.717) is 5.92 Å². The lowest BCUT2D eigenvalue weighted by Crippen LogP contribution is -2.30. The molecule has 120 valence electrons. The molecule has 0 aromatic heterocycles. The SMILES string of the molecule is O=C(c1cccc(CCC2CCN(O)CC2)c1)N1CCCC1. The average molecular weight is 302 g/mol. The standard InChI is InChI=1S/C18H26N2O2/c21-18(19-10-1-2-11-19)17-5-3-4-16(14-17)7-6-15-8-12-20(22)13-9-15/h3-5,14-15,22H,1-2,6-13H2. The maximum absolute atomic E-state index is 12.4. The summed E-state index contributed by atoms with van der Waals surface area (Å²) in [6, 6.07) is 8.15. The first-order chi connectivity index (χ1) is 10.7. The van der Waals surface area contributed by atoms with E-state index >= 15 is 0 Å². The Labute approximate surface area is 132 Å². The average Bonchev–Trinajstić information content (AvgIpc) is 3.08. The Hall–Kier alpha value is -1.39. The van der Waals surface area contributed by atoms with Crippen molar-refractivity contribution < 1.29 is 10.0 Å². The molecule has 0 spiro atoms. The largest absolute Gasteiger partial charge is 0.339 e. The molecule has 22 heavy (non-hydrogen) atoms. The summed E-state index contributed by atoms with van der Waals surface area (Å²) in [7, 11) is 0. The number of nitrogens with zero attached hydrogens (tertiary/aromatic N) is 2. The van der Waals surface area contributed by atoms with Gasteiger partial charge in [0.05, 0.1) is 0 Å².